The maximum Gasteiger partial charge on any atom is 0.408 e. The molecule has 8 nitrogen and oxygen atoms in total. The number of likely N-dealkylation sites (tertiary alicyclic amines) is 1. The number of nitrogens with one attached hydrogen (secondary N) is 1. The highest BCUT2D eigenvalue weighted by Crippen LogP contribution is 2.44. The van der Waals surface area contributed by atoms with E-state index in [1.54, 1.807) is 4.90 Å². The molecule has 3 aromatic carbocycles. The lowest BCUT2D eigenvalue weighted by molar-refractivity contribution is -0.141. The van der Waals surface area contributed by atoms with Gasteiger partial charge in [0.05, 0.1) is 6.42 Å². The van der Waals surface area contributed by atoms with Gasteiger partial charge in [0.1, 0.15) is 12.1 Å². The number of nitrogens with zero attached hydrogens (tertiary/aromatic N) is 2. The number of alkyl carbamates (subject to hydrolysis) is 1. The summed E-state index contributed by atoms with van der Waals surface area (Å²) in [5, 5.41) is 12.4. The summed E-state index contributed by atoms with van der Waals surface area (Å²) in [6, 6.07) is 26.4. The smallest absolute Gasteiger partial charge is 0.408 e. The summed E-state index contributed by atoms with van der Waals surface area (Å²) >= 11 is 0. The van der Waals surface area contributed by atoms with Crippen LogP contribution in [0.1, 0.15) is 48.3 Å². The highest BCUT2D eigenvalue weighted by molar-refractivity contribution is 5.91. The van der Waals surface area contributed by atoms with Crippen molar-refractivity contribution >= 4 is 18.0 Å². The fourth-order valence-electron chi connectivity index (χ4n) is 6.45. The molecular weight excluding hydrogens is 530 g/mol. The molecule has 1 saturated heterocycles. The van der Waals surface area contributed by atoms with Gasteiger partial charge in [-0.3, -0.25) is 14.5 Å². The maximum atomic E-state index is 14.2. The number of amides is 2. The molecule has 3 aromatic rings. The molecule has 42 heavy (non-hydrogen) atoms. The number of carboxylic acids is 1. The monoisotopic (exact) mass is 567 g/mol. The van der Waals surface area contributed by atoms with Crippen LogP contribution in [-0.2, 0) is 20.9 Å². The van der Waals surface area contributed by atoms with Crippen LogP contribution in [0.15, 0.2) is 78.9 Å². The molecule has 1 heterocycles. The van der Waals surface area contributed by atoms with E-state index < -0.39 is 17.6 Å². The van der Waals surface area contributed by atoms with Crippen molar-refractivity contribution in [2.75, 3.05) is 32.8 Å². The molecule has 0 spiro atoms. The minimum absolute atomic E-state index is 0.0881. The standard InChI is InChI=1S/C34H37N3O5/c38-31(39)16-18-37(21-25-14-15-25)32(40)34(17-19-36(23-34)20-24-8-2-1-3-9-24)35-33(41)42-22-30-28-12-6-4-10-26(28)27-11-5-7-13-29(27)30/h1-13,25,30H,14-23H2,(H,35,41)(H,38,39). The van der Waals surface area contributed by atoms with Gasteiger partial charge in [-0.1, -0.05) is 78.9 Å². The van der Waals surface area contributed by atoms with Gasteiger partial charge in [-0.15, -0.1) is 0 Å². The van der Waals surface area contributed by atoms with Gasteiger partial charge >= 0.3 is 12.1 Å². The molecule has 2 aliphatic carbocycles. The number of aliphatic carboxylic acids is 1. The summed E-state index contributed by atoms with van der Waals surface area (Å²) in [7, 11) is 0. The zero-order valence-corrected chi connectivity index (χ0v) is 23.7. The third kappa shape index (κ3) is 6.04. The van der Waals surface area contributed by atoms with Crippen LogP contribution in [0.4, 0.5) is 4.79 Å². The third-order valence-electron chi connectivity index (χ3n) is 8.75. The molecule has 0 radical (unpaired) electrons. The van der Waals surface area contributed by atoms with Gasteiger partial charge in [0.25, 0.3) is 0 Å². The molecule has 2 N–H and O–H groups in total. The number of benzene rings is 3. The Morgan fingerprint density at radius 2 is 1.57 bits per heavy atom. The van der Waals surface area contributed by atoms with Crippen LogP contribution < -0.4 is 5.32 Å². The summed E-state index contributed by atoms with van der Waals surface area (Å²) < 4.78 is 5.87. The molecule has 3 aliphatic rings. The number of fused-ring (bicyclic) bond motifs is 3. The van der Waals surface area contributed by atoms with E-state index in [9.17, 15) is 19.5 Å². The predicted octanol–water partition coefficient (Wildman–Crippen LogP) is 4.88. The number of hydrogen-bond acceptors (Lipinski definition) is 5. The molecule has 0 bridgehead atoms. The zero-order valence-electron chi connectivity index (χ0n) is 23.7. The molecular formula is C34H37N3O5. The fraction of sp³-hybridized carbons (Fsp3) is 0.382. The van der Waals surface area contributed by atoms with Crippen molar-refractivity contribution in [3.8, 4) is 11.1 Å². The van der Waals surface area contributed by atoms with E-state index >= 15 is 0 Å². The second-order valence-electron chi connectivity index (χ2n) is 11.8. The molecule has 1 aliphatic heterocycles. The summed E-state index contributed by atoms with van der Waals surface area (Å²) in [6.45, 7) is 2.40. The largest absolute Gasteiger partial charge is 0.481 e. The molecule has 0 aromatic heterocycles. The first-order chi connectivity index (χ1) is 20.4. The van der Waals surface area contributed by atoms with E-state index in [1.165, 1.54) is 0 Å². The van der Waals surface area contributed by atoms with Gasteiger partial charge in [0.15, 0.2) is 0 Å². The molecule has 2 fully saturated rings. The Hall–Kier alpha value is -4.17. The Labute approximate surface area is 246 Å². The minimum atomic E-state index is -1.19. The van der Waals surface area contributed by atoms with Crippen LogP contribution in [0.3, 0.4) is 0 Å². The minimum Gasteiger partial charge on any atom is -0.481 e. The van der Waals surface area contributed by atoms with Gasteiger partial charge in [0, 0.05) is 38.6 Å². The van der Waals surface area contributed by atoms with Crippen LogP contribution in [0.25, 0.3) is 11.1 Å². The number of hydrogen-bond donors (Lipinski definition) is 2. The number of carbonyl (C=O) groups excluding carboxylic acids is 2. The second kappa shape index (κ2) is 12.0. The van der Waals surface area contributed by atoms with Gasteiger partial charge in [-0.2, -0.15) is 0 Å². The van der Waals surface area contributed by atoms with Gasteiger partial charge in [-0.25, -0.2) is 4.79 Å². The first-order valence-electron chi connectivity index (χ1n) is 14.8. The van der Waals surface area contributed by atoms with Crippen molar-refractivity contribution in [2.45, 2.75) is 43.7 Å². The average Bonchev–Trinajstić information content (AvgIpc) is 3.65. The van der Waals surface area contributed by atoms with E-state index in [4.69, 9.17) is 4.74 Å². The van der Waals surface area contributed by atoms with Crippen LogP contribution in [0, 0.1) is 5.92 Å². The number of rotatable bonds is 11. The third-order valence-corrected chi connectivity index (χ3v) is 8.75. The van der Waals surface area contributed by atoms with Crippen molar-refractivity contribution in [3.63, 3.8) is 0 Å². The molecule has 8 heteroatoms. The van der Waals surface area contributed by atoms with Gasteiger partial charge in [0.2, 0.25) is 5.91 Å². The summed E-state index contributed by atoms with van der Waals surface area (Å²) in [5.41, 5.74) is 4.48. The van der Waals surface area contributed by atoms with Crippen LogP contribution in [-0.4, -0.2) is 71.2 Å². The zero-order chi connectivity index (χ0) is 29.1. The van der Waals surface area contributed by atoms with Crippen molar-refractivity contribution < 1.29 is 24.2 Å². The molecule has 2 amide bonds. The Balaban J connectivity index is 1.20. The van der Waals surface area contributed by atoms with Crippen LogP contribution in [0.5, 0.6) is 0 Å². The number of carbonyl (C=O) groups is 3. The maximum absolute atomic E-state index is 14.2. The molecule has 1 atom stereocenters. The Kier molecular flexibility index (Phi) is 7.98. The van der Waals surface area contributed by atoms with Crippen molar-refractivity contribution in [1.29, 1.82) is 0 Å². The van der Waals surface area contributed by atoms with Gasteiger partial charge in [-0.05, 0) is 53.0 Å². The Bertz CT molecular complexity index is 1410. The molecule has 6 rings (SSSR count). The highest BCUT2D eigenvalue weighted by atomic mass is 16.5. The normalized spacial score (nSPS) is 19.6. The van der Waals surface area contributed by atoms with Crippen molar-refractivity contribution in [1.82, 2.24) is 15.1 Å². The summed E-state index contributed by atoms with van der Waals surface area (Å²) in [6.07, 6.45) is 1.73. The first kappa shape index (κ1) is 28.0. The topological polar surface area (TPSA) is 99.2 Å². The average molecular weight is 568 g/mol. The van der Waals surface area contributed by atoms with E-state index in [0.29, 0.717) is 38.5 Å². The molecule has 1 saturated carbocycles. The van der Waals surface area contributed by atoms with Crippen molar-refractivity contribution in [2.24, 2.45) is 5.92 Å². The lowest BCUT2D eigenvalue weighted by Gasteiger charge is -2.35. The lowest BCUT2D eigenvalue weighted by Crippen LogP contribution is -2.61. The first-order valence-corrected chi connectivity index (χ1v) is 14.8. The predicted molar refractivity (Wildman–Crippen MR) is 159 cm³/mol. The van der Waals surface area contributed by atoms with E-state index in [1.807, 2.05) is 54.6 Å². The summed E-state index contributed by atoms with van der Waals surface area (Å²) in [5.74, 6) is -0.870. The number of carboxylic acid groups (broad SMARTS) is 1. The molecule has 1 unspecified atom stereocenters. The summed E-state index contributed by atoms with van der Waals surface area (Å²) in [4.78, 5) is 42.9. The van der Waals surface area contributed by atoms with E-state index in [-0.39, 0.29) is 31.4 Å². The quantitative estimate of drug-likeness (QED) is 0.343. The molecule has 218 valence electrons. The number of ether oxygens (including phenoxy) is 1. The highest BCUT2D eigenvalue weighted by Gasteiger charge is 2.49. The van der Waals surface area contributed by atoms with Crippen LogP contribution in [0.2, 0.25) is 0 Å². The van der Waals surface area contributed by atoms with Gasteiger partial charge < -0.3 is 20.1 Å². The van der Waals surface area contributed by atoms with Crippen LogP contribution >= 0.6 is 0 Å². The Morgan fingerprint density at radius 1 is 0.929 bits per heavy atom. The van der Waals surface area contributed by atoms with E-state index in [0.717, 1.165) is 40.7 Å². The SMILES string of the molecule is O=C(O)CCN(CC1CC1)C(=O)C1(NC(=O)OCC2c3ccccc3-c3ccccc32)CCN(Cc2ccccc2)C1. The second-order valence-corrected chi connectivity index (χ2v) is 11.8. The van der Waals surface area contributed by atoms with E-state index in [2.05, 4.69) is 34.5 Å². The lowest BCUT2D eigenvalue weighted by atomic mass is 9.96. The fourth-order valence-corrected chi connectivity index (χ4v) is 6.45. The van der Waals surface area contributed by atoms with Crippen molar-refractivity contribution in [3.05, 3.63) is 95.6 Å². The Morgan fingerprint density at radius 3 is 2.21 bits per heavy atom.